The number of aromatic nitrogens is 2. The van der Waals surface area contributed by atoms with E-state index in [0.717, 1.165) is 28.5 Å². The van der Waals surface area contributed by atoms with Gasteiger partial charge in [-0.3, -0.25) is 4.98 Å². The molecule has 37 heavy (non-hydrogen) atoms. The van der Waals surface area contributed by atoms with Gasteiger partial charge in [-0.15, -0.1) is 0 Å². The van der Waals surface area contributed by atoms with Crippen LogP contribution in [-0.2, 0) is 4.74 Å². The molecule has 8 heteroatoms. The second-order valence-electron chi connectivity index (χ2n) is 8.95. The van der Waals surface area contributed by atoms with E-state index in [-0.39, 0.29) is 12.1 Å². The van der Waals surface area contributed by atoms with Crippen LogP contribution in [0.4, 0.5) is 5.69 Å². The zero-order valence-corrected chi connectivity index (χ0v) is 22.6. The number of methoxy groups -OCH3 is 1. The van der Waals surface area contributed by atoms with E-state index < -0.39 is 0 Å². The predicted octanol–water partition coefficient (Wildman–Crippen LogP) is 6.34. The van der Waals surface area contributed by atoms with Crippen molar-refractivity contribution < 1.29 is 9.47 Å². The Labute approximate surface area is 227 Å². The van der Waals surface area contributed by atoms with Gasteiger partial charge in [-0.25, -0.2) is 0 Å². The molecule has 6 nitrogen and oxygen atoms in total. The number of halogens is 1. The summed E-state index contributed by atoms with van der Waals surface area (Å²) in [5.41, 5.74) is 6.40. The largest absolute Gasteiger partial charge is 0.490 e. The zero-order chi connectivity index (χ0) is 25.9. The number of rotatable bonds is 8. The van der Waals surface area contributed by atoms with E-state index in [1.165, 1.54) is 5.56 Å². The van der Waals surface area contributed by atoms with Crippen LogP contribution in [0.15, 0.2) is 79.0 Å². The van der Waals surface area contributed by atoms with Gasteiger partial charge in [0.2, 0.25) is 0 Å². The summed E-state index contributed by atoms with van der Waals surface area (Å²) in [6.07, 6.45) is 1.82. The fourth-order valence-electron chi connectivity index (χ4n) is 5.00. The van der Waals surface area contributed by atoms with Crippen molar-refractivity contribution in [1.82, 2.24) is 14.9 Å². The number of thiocarbonyl (C=S) groups is 1. The van der Waals surface area contributed by atoms with Gasteiger partial charge in [-0.1, -0.05) is 35.9 Å². The van der Waals surface area contributed by atoms with Crippen molar-refractivity contribution in [2.24, 2.45) is 0 Å². The first-order chi connectivity index (χ1) is 18.0. The van der Waals surface area contributed by atoms with Crippen molar-refractivity contribution in [1.29, 1.82) is 0 Å². The van der Waals surface area contributed by atoms with Gasteiger partial charge in [0.15, 0.2) is 5.11 Å². The number of ether oxygens (including phenoxy) is 2. The molecule has 0 radical (unpaired) electrons. The maximum atomic E-state index is 6.65. The minimum Gasteiger partial charge on any atom is -0.490 e. The van der Waals surface area contributed by atoms with Crippen molar-refractivity contribution in [2.45, 2.75) is 25.9 Å². The topological polar surface area (TPSA) is 51.6 Å². The molecular weight excluding hydrogens is 504 g/mol. The third kappa shape index (κ3) is 4.94. The number of hydrogen-bond acceptors (Lipinski definition) is 4. The van der Waals surface area contributed by atoms with E-state index in [2.05, 4.69) is 63.9 Å². The van der Waals surface area contributed by atoms with E-state index in [0.29, 0.717) is 29.1 Å². The van der Waals surface area contributed by atoms with Crippen LogP contribution >= 0.6 is 23.8 Å². The van der Waals surface area contributed by atoms with Crippen LogP contribution in [0.1, 0.15) is 34.7 Å². The number of para-hydroxylation sites is 1. The summed E-state index contributed by atoms with van der Waals surface area (Å²) >= 11 is 12.6. The predicted molar refractivity (Wildman–Crippen MR) is 152 cm³/mol. The van der Waals surface area contributed by atoms with Gasteiger partial charge in [-0.2, -0.15) is 0 Å². The Hall–Kier alpha value is -3.39. The van der Waals surface area contributed by atoms with Crippen molar-refractivity contribution in [3.8, 4) is 11.4 Å². The van der Waals surface area contributed by atoms with E-state index >= 15 is 0 Å². The number of hydrogen-bond donors (Lipinski definition) is 1. The molecule has 2 aromatic carbocycles. The molecule has 1 aliphatic heterocycles. The molecule has 0 saturated carbocycles. The van der Waals surface area contributed by atoms with Gasteiger partial charge in [0, 0.05) is 36.1 Å². The summed E-state index contributed by atoms with van der Waals surface area (Å²) in [5.74, 6) is 0.612. The van der Waals surface area contributed by atoms with E-state index in [1.807, 2.05) is 48.7 Å². The smallest absolute Gasteiger partial charge is 0.174 e. The van der Waals surface area contributed by atoms with Crippen molar-refractivity contribution in [3.05, 3.63) is 107 Å². The fraction of sp³-hybridized carbons (Fsp3) is 0.241. The summed E-state index contributed by atoms with van der Waals surface area (Å²) in [6, 6.07) is 24.1. The average molecular weight is 533 g/mol. The minimum absolute atomic E-state index is 0.137. The first-order valence-electron chi connectivity index (χ1n) is 12.2. The molecule has 1 aliphatic rings. The second kappa shape index (κ2) is 10.9. The Morgan fingerprint density at radius 2 is 1.76 bits per heavy atom. The van der Waals surface area contributed by atoms with E-state index in [4.69, 9.17) is 33.3 Å². The normalized spacial score (nSPS) is 17.2. The number of nitrogens with zero attached hydrogens (tertiary/aromatic N) is 3. The number of benzene rings is 2. The summed E-state index contributed by atoms with van der Waals surface area (Å²) in [6.45, 7) is 5.20. The highest BCUT2D eigenvalue weighted by molar-refractivity contribution is 7.80. The van der Waals surface area contributed by atoms with Crippen LogP contribution < -0.4 is 15.0 Å². The molecule has 0 spiro atoms. The van der Waals surface area contributed by atoms with Crippen molar-refractivity contribution >= 4 is 34.6 Å². The van der Waals surface area contributed by atoms with Gasteiger partial charge in [-0.05, 0) is 80.2 Å². The average Bonchev–Trinajstić information content (AvgIpc) is 3.41. The Balaban J connectivity index is 1.60. The molecule has 0 bridgehead atoms. The zero-order valence-electron chi connectivity index (χ0n) is 21.0. The standard InChI is InChI=1S/C29H29ClN4O2S/c1-19-17-23(20(2)33(19)21-9-5-4-6-10-21)28-27(25-11-7-8-14-31-25)32-29(37)34(28)22-12-13-26(24(30)18-22)36-16-15-35-3/h4-14,17-18,27-28H,15-16H2,1-3H3,(H,32,37)/t27-,28-/m1/s1. The lowest BCUT2D eigenvalue weighted by Crippen LogP contribution is -2.29. The van der Waals surface area contributed by atoms with Crippen molar-refractivity contribution in [2.75, 3.05) is 25.2 Å². The number of aryl methyl sites for hydroxylation is 1. The highest BCUT2D eigenvalue weighted by atomic mass is 35.5. The molecule has 1 fully saturated rings. The van der Waals surface area contributed by atoms with Crippen LogP contribution in [0, 0.1) is 13.8 Å². The monoisotopic (exact) mass is 532 g/mol. The molecule has 0 unspecified atom stereocenters. The number of pyridine rings is 1. The van der Waals surface area contributed by atoms with Crippen LogP contribution in [-0.4, -0.2) is 35.0 Å². The van der Waals surface area contributed by atoms with Crippen molar-refractivity contribution in [3.63, 3.8) is 0 Å². The number of anilines is 1. The van der Waals surface area contributed by atoms with Gasteiger partial charge in [0.1, 0.15) is 12.4 Å². The molecule has 0 amide bonds. The lowest BCUT2D eigenvalue weighted by atomic mass is 9.96. The van der Waals surface area contributed by atoms with Gasteiger partial charge < -0.3 is 24.3 Å². The molecule has 5 rings (SSSR count). The van der Waals surface area contributed by atoms with Crippen LogP contribution in [0.25, 0.3) is 5.69 Å². The number of nitrogens with one attached hydrogen (secondary N) is 1. The summed E-state index contributed by atoms with van der Waals surface area (Å²) in [4.78, 5) is 6.81. The Morgan fingerprint density at radius 3 is 2.46 bits per heavy atom. The molecule has 2 aromatic heterocycles. The molecule has 4 aromatic rings. The molecule has 190 valence electrons. The molecule has 1 saturated heterocycles. The molecule has 2 atom stereocenters. The highest BCUT2D eigenvalue weighted by Crippen LogP contribution is 2.44. The third-order valence-electron chi connectivity index (χ3n) is 6.64. The maximum absolute atomic E-state index is 6.65. The van der Waals surface area contributed by atoms with E-state index in [9.17, 15) is 0 Å². The first-order valence-corrected chi connectivity index (χ1v) is 12.9. The third-order valence-corrected chi connectivity index (χ3v) is 7.25. The first kappa shape index (κ1) is 25.3. The molecule has 1 N–H and O–H groups in total. The van der Waals surface area contributed by atoms with Gasteiger partial charge >= 0.3 is 0 Å². The second-order valence-corrected chi connectivity index (χ2v) is 9.74. The van der Waals surface area contributed by atoms with Crippen LogP contribution in [0.5, 0.6) is 5.75 Å². The van der Waals surface area contributed by atoms with Crippen LogP contribution in [0.2, 0.25) is 5.02 Å². The van der Waals surface area contributed by atoms with Crippen LogP contribution in [0.3, 0.4) is 0 Å². The highest BCUT2D eigenvalue weighted by Gasteiger charge is 2.42. The Kier molecular flexibility index (Phi) is 7.46. The summed E-state index contributed by atoms with van der Waals surface area (Å²) < 4.78 is 13.1. The molecule has 3 heterocycles. The summed E-state index contributed by atoms with van der Waals surface area (Å²) in [7, 11) is 1.64. The SMILES string of the molecule is COCCOc1ccc(N2C(=S)N[C@H](c3ccccn3)[C@H]2c2cc(C)n(-c3ccccc3)c2C)cc1Cl. The molecular formula is C29H29ClN4O2S. The molecule has 0 aliphatic carbocycles. The quantitative estimate of drug-likeness (QED) is 0.211. The Bertz CT molecular complexity index is 1390. The van der Waals surface area contributed by atoms with E-state index in [1.54, 1.807) is 7.11 Å². The van der Waals surface area contributed by atoms with Gasteiger partial charge in [0.05, 0.1) is 29.4 Å². The fourth-order valence-corrected chi connectivity index (χ4v) is 5.58. The summed E-state index contributed by atoms with van der Waals surface area (Å²) in [5, 5.41) is 4.67. The lowest BCUT2D eigenvalue weighted by Gasteiger charge is -2.28. The van der Waals surface area contributed by atoms with Gasteiger partial charge in [0.25, 0.3) is 0 Å². The minimum atomic E-state index is -0.144. The Morgan fingerprint density at radius 1 is 0.973 bits per heavy atom. The maximum Gasteiger partial charge on any atom is 0.174 e. The lowest BCUT2D eigenvalue weighted by molar-refractivity contribution is 0.146.